The molecule has 0 saturated heterocycles. The summed E-state index contributed by atoms with van der Waals surface area (Å²) in [7, 11) is 1.63. The molecule has 6 nitrogen and oxygen atoms in total. The average molecular weight is 375 g/mol. The first-order chi connectivity index (χ1) is 11.2. The molecule has 23 heavy (non-hydrogen) atoms. The highest BCUT2D eigenvalue weighted by Gasteiger charge is 2.36. The van der Waals surface area contributed by atoms with Crippen molar-refractivity contribution < 1.29 is 9.53 Å². The van der Waals surface area contributed by atoms with Gasteiger partial charge in [-0.2, -0.15) is 10.1 Å². The molecule has 1 atom stereocenters. The molecule has 4 rings (SSSR count). The molecule has 1 aliphatic heterocycles. The van der Waals surface area contributed by atoms with Crippen molar-refractivity contribution in [1.29, 1.82) is 0 Å². The van der Waals surface area contributed by atoms with Gasteiger partial charge in [0.1, 0.15) is 18.1 Å². The number of ether oxygens (including phenoxy) is 1. The molecule has 2 aromatic rings. The Bertz CT molecular complexity index is 827. The molecule has 1 N–H and O–H groups in total. The van der Waals surface area contributed by atoms with E-state index in [4.69, 9.17) is 4.74 Å². The molecule has 0 bridgehead atoms. The van der Waals surface area contributed by atoms with E-state index in [-0.39, 0.29) is 11.8 Å². The van der Waals surface area contributed by atoms with Crippen LogP contribution in [0.25, 0.3) is 0 Å². The first-order valence-corrected chi connectivity index (χ1v) is 8.24. The Labute approximate surface area is 141 Å². The molecule has 0 fully saturated rings. The maximum atomic E-state index is 12.6. The van der Waals surface area contributed by atoms with E-state index < -0.39 is 0 Å². The smallest absolute Gasteiger partial charge is 0.226 e. The number of rotatable bonds is 2. The molecule has 0 amide bonds. The number of methoxy groups -OCH3 is 1. The van der Waals surface area contributed by atoms with E-state index in [9.17, 15) is 4.79 Å². The van der Waals surface area contributed by atoms with Gasteiger partial charge in [-0.3, -0.25) is 4.79 Å². The molecule has 7 heteroatoms. The Hall–Kier alpha value is -2.15. The van der Waals surface area contributed by atoms with Crippen LogP contribution < -0.4 is 10.1 Å². The SMILES string of the molecule is COc1ccc([C@H]2C3=C(CCCC3=O)Nc3ncnn32)cc1Br. The zero-order valence-corrected chi connectivity index (χ0v) is 14.1. The van der Waals surface area contributed by atoms with E-state index in [2.05, 4.69) is 31.3 Å². The van der Waals surface area contributed by atoms with Crippen molar-refractivity contribution in [2.45, 2.75) is 25.3 Å². The second-order valence-electron chi connectivity index (χ2n) is 5.62. The second-order valence-corrected chi connectivity index (χ2v) is 6.47. The van der Waals surface area contributed by atoms with Crippen molar-refractivity contribution in [3.05, 3.63) is 45.8 Å². The Balaban J connectivity index is 1.89. The standard InChI is InChI=1S/C16H15BrN4O2/c1-23-13-6-5-9(7-10(13)17)15-14-11(3-2-4-12(14)22)20-16-18-8-19-21(15)16/h5-8,15H,2-4H2,1H3,(H,18,19,20)/t15-/m0/s1. The van der Waals surface area contributed by atoms with Crippen LogP contribution in [-0.4, -0.2) is 27.7 Å². The van der Waals surface area contributed by atoms with Crippen molar-refractivity contribution >= 4 is 27.7 Å². The molecule has 118 valence electrons. The monoisotopic (exact) mass is 374 g/mol. The Kier molecular flexibility index (Phi) is 3.45. The van der Waals surface area contributed by atoms with Crippen LogP contribution in [0.5, 0.6) is 5.75 Å². The van der Waals surface area contributed by atoms with Crippen molar-refractivity contribution in [1.82, 2.24) is 14.8 Å². The molecule has 0 unspecified atom stereocenters. The summed E-state index contributed by atoms with van der Waals surface area (Å²) in [5.41, 5.74) is 2.75. The number of carbonyl (C=O) groups excluding carboxylic acids is 1. The summed E-state index contributed by atoms with van der Waals surface area (Å²) in [6.07, 6.45) is 3.83. The van der Waals surface area contributed by atoms with Crippen LogP contribution in [-0.2, 0) is 4.79 Å². The fraction of sp³-hybridized carbons (Fsp3) is 0.312. The van der Waals surface area contributed by atoms with Crippen LogP contribution >= 0.6 is 15.9 Å². The fourth-order valence-corrected chi connectivity index (χ4v) is 3.82. The number of halogens is 1. The highest BCUT2D eigenvalue weighted by atomic mass is 79.9. The minimum absolute atomic E-state index is 0.178. The number of allylic oxidation sites excluding steroid dienone is 2. The number of hydrogen-bond donors (Lipinski definition) is 1. The van der Waals surface area contributed by atoms with Gasteiger partial charge >= 0.3 is 0 Å². The summed E-state index contributed by atoms with van der Waals surface area (Å²) in [5, 5.41) is 7.58. The molecule has 2 heterocycles. The lowest BCUT2D eigenvalue weighted by atomic mass is 9.85. The van der Waals surface area contributed by atoms with Gasteiger partial charge < -0.3 is 10.1 Å². The summed E-state index contributed by atoms with van der Waals surface area (Å²) in [4.78, 5) is 16.8. The van der Waals surface area contributed by atoms with Gasteiger partial charge in [-0.05, 0) is 46.5 Å². The van der Waals surface area contributed by atoms with E-state index in [1.807, 2.05) is 18.2 Å². The average Bonchev–Trinajstić information content (AvgIpc) is 3.01. The molecule has 1 aliphatic carbocycles. The third-order valence-corrected chi connectivity index (χ3v) is 4.92. The third-order valence-electron chi connectivity index (χ3n) is 4.30. The van der Waals surface area contributed by atoms with Crippen molar-refractivity contribution in [3.8, 4) is 5.75 Å². The van der Waals surface area contributed by atoms with Gasteiger partial charge in [-0.25, -0.2) is 4.68 Å². The van der Waals surface area contributed by atoms with Gasteiger partial charge in [-0.15, -0.1) is 0 Å². The zero-order chi connectivity index (χ0) is 16.0. The topological polar surface area (TPSA) is 69.0 Å². The molecule has 0 saturated carbocycles. The van der Waals surface area contributed by atoms with E-state index >= 15 is 0 Å². The maximum Gasteiger partial charge on any atom is 0.226 e. The largest absolute Gasteiger partial charge is 0.496 e. The Morgan fingerprint density at radius 3 is 3.04 bits per heavy atom. The number of aromatic nitrogens is 3. The number of hydrogen-bond acceptors (Lipinski definition) is 5. The number of nitrogens with zero attached hydrogens (tertiary/aromatic N) is 3. The van der Waals surface area contributed by atoms with E-state index in [0.717, 1.165) is 39.9 Å². The number of benzene rings is 1. The van der Waals surface area contributed by atoms with Gasteiger partial charge in [0, 0.05) is 17.7 Å². The summed E-state index contributed by atoms with van der Waals surface area (Å²) in [6.45, 7) is 0. The van der Waals surface area contributed by atoms with E-state index in [0.29, 0.717) is 12.4 Å². The summed E-state index contributed by atoms with van der Waals surface area (Å²) >= 11 is 3.52. The van der Waals surface area contributed by atoms with Crippen LogP contribution in [0.4, 0.5) is 5.95 Å². The number of carbonyl (C=O) groups is 1. The van der Waals surface area contributed by atoms with Crippen LogP contribution in [0.15, 0.2) is 40.3 Å². The third kappa shape index (κ3) is 2.26. The lowest BCUT2D eigenvalue weighted by molar-refractivity contribution is -0.116. The zero-order valence-electron chi connectivity index (χ0n) is 12.5. The maximum absolute atomic E-state index is 12.6. The van der Waals surface area contributed by atoms with E-state index in [1.54, 1.807) is 11.8 Å². The van der Waals surface area contributed by atoms with Gasteiger partial charge in [0.15, 0.2) is 5.78 Å². The van der Waals surface area contributed by atoms with Crippen molar-refractivity contribution in [3.63, 3.8) is 0 Å². The number of Topliss-reactive ketones (excluding diaryl/α,β-unsaturated/α-hetero) is 1. The molecule has 1 aromatic carbocycles. The Morgan fingerprint density at radius 2 is 2.26 bits per heavy atom. The molecule has 0 radical (unpaired) electrons. The van der Waals surface area contributed by atoms with Crippen molar-refractivity contribution in [2.24, 2.45) is 0 Å². The molecular formula is C16H15BrN4O2. The summed E-state index contributed by atoms with van der Waals surface area (Å²) in [6, 6.07) is 5.59. The molecule has 1 aromatic heterocycles. The highest BCUT2D eigenvalue weighted by molar-refractivity contribution is 9.10. The van der Waals surface area contributed by atoms with Crippen LogP contribution in [0.2, 0.25) is 0 Å². The first kappa shape index (κ1) is 14.4. The summed E-state index contributed by atoms with van der Waals surface area (Å²) < 4.78 is 7.92. The molecule has 2 aliphatic rings. The number of anilines is 1. The van der Waals surface area contributed by atoms with Gasteiger partial charge in [0.05, 0.1) is 11.6 Å². The Morgan fingerprint density at radius 1 is 1.39 bits per heavy atom. The van der Waals surface area contributed by atoms with Gasteiger partial charge in [-0.1, -0.05) is 6.07 Å². The first-order valence-electron chi connectivity index (χ1n) is 7.45. The highest BCUT2D eigenvalue weighted by Crippen LogP contribution is 2.41. The fourth-order valence-electron chi connectivity index (χ4n) is 3.26. The minimum atomic E-state index is -0.251. The lowest BCUT2D eigenvalue weighted by Gasteiger charge is -2.32. The number of ketones is 1. The van der Waals surface area contributed by atoms with Gasteiger partial charge in [0.2, 0.25) is 5.95 Å². The number of fused-ring (bicyclic) bond motifs is 1. The lowest BCUT2D eigenvalue weighted by Crippen LogP contribution is -2.31. The van der Waals surface area contributed by atoms with Crippen LogP contribution in [0, 0.1) is 0 Å². The normalized spacial score (nSPS) is 19.9. The predicted octanol–water partition coefficient (Wildman–Crippen LogP) is 3.07. The molecular weight excluding hydrogens is 360 g/mol. The minimum Gasteiger partial charge on any atom is -0.496 e. The summed E-state index contributed by atoms with van der Waals surface area (Å²) in [5.74, 6) is 1.61. The number of nitrogens with one attached hydrogen (secondary N) is 1. The van der Waals surface area contributed by atoms with Crippen LogP contribution in [0.1, 0.15) is 30.9 Å². The van der Waals surface area contributed by atoms with Crippen LogP contribution in [0.3, 0.4) is 0 Å². The predicted molar refractivity (Wildman–Crippen MR) is 88.4 cm³/mol. The quantitative estimate of drug-likeness (QED) is 0.874. The molecule has 0 spiro atoms. The second kappa shape index (κ2) is 5.49. The van der Waals surface area contributed by atoms with Crippen molar-refractivity contribution in [2.75, 3.05) is 12.4 Å². The van der Waals surface area contributed by atoms with E-state index in [1.165, 1.54) is 6.33 Å². The van der Waals surface area contributed by atoms with Gasteiger partial charge in [0.25, 0.3) is 0 Å².